The molecule has 0 bridgehead atoms. The van der Waals surface area contributed by atoms with E-state index in [0.29, 0.717) is 0 Å². The Labute approximate surface area is 106 Å². The highest BCUT2D eigenvalue weighted by Crippen LogP contribution is 2.33. The molecule has 1 aromatic carbocycles. The zero-order valence-electron chi connectivity index (χ0n) is 9.19. The molecule has 8 heteroatoms. The molecule has 0 aliphatic carbocycles. The van der Waals surface area contributed by atoms with E-state index < -0.39 is 28.5 Å². The summed E-state index contributed by atoms with van der Waals surface area (Å²) in [5, 5.41) is 15.7. The molecule has 7 nitrogen and oxygen atoms in total. The number of nitrogens with zero attached hydrogens (tertiary/aromatic N) is 1. The number of hydrogen-bond donors (Lipinski definition) is 2. The lowest BCUT2D eigenvalue weighted by Crippen LogP contribution is -2.38. The van der Waals surface area contributed by atoms with Crippen molar-refractivity contribution in [2.24, 2.45) is 0 Å². The van der Waals surface area contributed by atoms with Gasteiger partial charge in [0.25, 0.3) is 11.6 Å². The van der Waals surface area contributed by atoms with E-state index in [1.165, 1.54) is 13.0 Å². The fourth-order valence-corrected chi connectivity index (χ4v) is 1.83. The van der Waals surface area contributed by atoms with Crippen LogP contribution in [0.25, 0.3) is 0 Å². The molecular weight excluding hydrogens is 262 g/mol. The minimum atomic E-state index is -0.775. The summed E-state index contributed by atoms with van der Waals surface area (Å²) in [6.07, 6.45) is 0. The van der Waals surface area contributed by atoms with Crippen LogP contribution in [0, 0.1) is 10.1 Å². The normalized spacial score (nSPS) is 18.4. The van der Waals surface area contributed by atoms with Crippen LogP contribution in [0.5, 0.6) is 0 Å². The first-order valence-electron chi connectivity index (χ1n) is 5.00. The van der Waals surface area contributed by atoms with Crippen LogP contribution < -0.4 is 10.6 Å². The molecule has 2 N–H and O–H groups in total. The van der Waals surface area contributed by atoms with Crippen LogP contribution in [-0.2, 0) is 4.79 Å². The van der Waals surface area contributed by atoms with Gasteiger partial charge < -0.3 is 10.6 Å². The molecule has 1 aliphatic rings. The lowest BCUT2D eigenvalue weighted by molar-refractivity contribution is -0.383. The van der Waals surface area contributed by atoms with Crippen LogP contribution in [-0.4, -0.2) is 22.8 Å². The van der Waals surface area contributed by atoms with Crippen molar-refractivity contribution in [3.63, 3.8) is 0 Å². The van der Waals surface area contributed by atoms with Crippen LogP contribution in [0.4, 0.5) is 11.4 Å². The smallest absolute Gasteiger partial charge is 0.295 e. The molecule has 0 fully saturated rings. The summed E-state index contributed by atoms with van der Waals surface area (Å²) in [4.78, 5) is 33.6. The Morgan fingerprint density at radius 2 is 2.06 bits per heavy atom. The average Bonchev–Trinajstić information content (AvgIpc) is 2.38. The van der Waals surface area contributed by atoms with Crippen molar-refractivity contribution >= 4 is 34.8 Å². The van der Waals surface area contributed by atoms with E-state index in [1.807, 2.05) is 0 Å². The highest BCUT2D eigenvalue weighted by Gasteiger charge is 2.30. The van der Waals surface area contributed by atoms with Crippen molar-refractivity contribution in [3.8, 4) is 0 Å². The third-order valence-electron chi connectivity index (χ3n) is 2.51. The molecule has 94 valence electrons. The first kappa shape index (κ1) is 12.3. The van der Waals surface area contributed by atoms with Crippen molar-refractivity contribution in [1.82, 2.24) is 5.32 Å². The molecule has 18 heavy (non-hydrogen) atoms. The Morgan fingerprint density at radius 3 is 2.67 bits per heavy atom. The molecule has 2 amide bonds. The first-order valence-corrected chi connectivity index (χ1v) is 5.37. The number of rotatable bonds is 1. The van der Waals surface area contributed by atoms with E-state index in [2.05, 4.69) is 10.6 Å². The number of nitro groups is 1. The highest BCUT2D eigenvalue weighted by atomic mass is 35.5. The summed E-state index contributed by atoms with van der Waals surface area (Å²) < 4.78 is 0. The number of amides is 2. The predicted octanol–water partition coefficient (Wildman–Crippen LogP) is 1.32. The molecule has 0 saturated heterocycles. The van der Waals surface area contributed by atoms with Crippen LogP contribution in [0.2, 0.25) is 5.02 Å². The predicted molar refractivity (Wildman–Crippen MR) is 63.7 cm³/mol. The van der Waals surface area contributed by atoms with Gasteiger partial charge in [-0.2, -0.15) is 0 Å². The van der Waals surface area contributed by atoms with Gasteiger partial charge in [0, 0.05) is 11.1 Å². The molecule has 0 unspecified atom stereocenters. The van der Waals surface area contributed by atoms with Crippen LogP contribution >= 0.6 is 11.6 Å². The van der Waals surface area contributed by atoms with Gasteiger partial charge in [0.15, 0.2) is 0 Å². The molecule has 1 atom stereocenters. The average molecular weight is 270 g/mol. The molecule has 0 saturated carbocycles. The van der Waals surface area contributed by atoms with E-state index in [1.54, 1.807) is 0 Å². The van der Waals surface area contributed by atoms with Gasteiger partial charge in [0.1, 0.15) is 11.7 Å². The first-order chi connectivity index (χ1) is 8.40. The number of nitrogens with one attached hydrogen (secondary N) is 2. The van der Waals surface area contributed by atoms with Crippen molar-refractivity contribution in [3.05, 3.63) is 32.8 Å². The monoisotopic (exact) mass is 269 g/mol. The Hall–Kier alpha value is -2.15. The minimum Gasteiger partial charge on any atom is -0.340 e. The van der Waals surface area contributed by atoms with Crippen molar-refractivity contribution in [2.45, 2.75) is 13.0 Å². The second kappa shape index (κ2) is 4.26. The van der Waals surface area contributed by atoms with Gasteiger partial charge in [-0.15, -0.1) is 0 Å². The van der Waals surface area contributed by atoms with Gasteiger partial charge >= 0.3 is 0 Å². The molecular formula is C10H8ClN3O4. The lowest BCUT2D eigenvalue weighted by atomic mass is 10.1. The second-order valence-corrected chi connectivity index (χ2v) is 4.23. The molecule has 0 radical (unpaired) electrons. The number of nitro benzene ring substituents is 1. The Kier molecular flexibility index (Phi) is 2.92. The minimum absolute atomic E-state index is 0.0214. The van der Waals surface area contributed by atoms with E-state index in [0.717, 1.165) is 6.07 Å². The quantitative estimate of drug-likeness (QED) is 0.593. The van der Waals surface area contributed by atoms with E-state index in [-0.39, 0.29) is 16.3 Å². The molecule has 0 spiro atoms. The third-order valence-corrected chi connectivity index (χ3v) is 2.73. The lowest BCUT2D eigenvalue weighted by Gasteiger charge is -2.07. The van der Waals surface area contributed by atoms with Gasteiger partial charge in [0.05, 0.1) is 10.5 Å². The number of anilines is 1. The van der Waals surface area contributed by atoms with E-state index in [9.17, 15) is 19.7 Å². The summed E-state index contributed by atoms with van der Waals surface area (Å²) in [6.45, 7) is 1.48. The summed E-state index contributed by atoms with van der Waals surface area (Å²) in [5.41, 5.74) is -0.557. The van der Waals surface area contributed by atoms with Gasteiger partial charge in [0.2, 0.25) is 5.91 Å². The van der Waals surface area contributed by atoms with Crippen molar-refractivity contribution < 1.29 is 14.5 Å². The van der Waals surface area contributed by atoms with E-state index in [4.69, 9.17) is 11.6 Å². The second-order valence-electron chi connectivity index (χ2n) is 3.79. The molecule has 0 aromatic heterocycles. The number of fused-ring (bicyclic) bond motifs is 1. The Morgan fingerprint density at radius 1 is 1.39 bits per heavy atom. The summed E-state index contributed by atoms with van der Waals surface area (Å²) in [7, 11) is 0. The van der Waals surface area contributed by atoms with Gasteiger partial charge in [-0.25, -0.2) is 0 Å². The fraction of sp³-hybridized carbons (Fsp3) is 0.200. The molecule has 2 rings (SSSR count). The van der Waals surface area contributed by atoms with Crippen molar-refractivity contribution in [2.75, 3.05) is 5.32 Å². The number of halogens is 1. The zero-order chi connectivity index (χ0) is 13.4. The maximum Gasteiger partial charge on any atom is 0.295 e. The van der Waals surface area contributed by atoms with E-state index >= 15 is 0 Å². The maximum atomic E-state index is 11.8. The van der Waals surface area contributed by atoms with Crippen LogP contribution in [0.15, 0.2) is 12.1 Å². The number of benzene rings is 1. The summed E-state index contributed by atoms with van der Waals surface area (Å²) in [6, 6.07) is 1.59. The number of carbonyl (C=O) groups is 2. The zero-order valence-corrected chi connectivity index (χ0v) is 9.95. The van der Waals surface area contributed by atoms with Gasteiger partial charge in [-0.05, 0) is 13.0 Å². The third kappa shape index (κ3) is 2.00. The topological polar surface area (TPSA) is 101 Å². The van der Waals surface area contributed by atoms with Crippen LogP contribution in [0.3, 0.4) is 0 Å². The van der Waals surface area contributed by atoms with Gasteiger partial charge in [-0.1, -0.05) is 11.6 Å². The number of hydrogen-bond acceptors (Lipinski definition) is 4. The fourth-order valence-electron chi connectivity index (χ4n) is 1.62. The SMILES string of the molecule is C[C@@H]1NC(=O)c2cc(Cl)cc([N+](=O)[O-])c2NC1=O. The molecule has 1 aromatic rings. The molecule has 1 aliphatic heterocycles. The summed E-state index contributed by atoms with van der Waals surface area (Å²) in [5.74, 6) is -1.10. The largest absolute Gasteiger partial charge is 0.340 e. The standard InChI is InChI=1S/C10H8ClN3O4/c1-4-9(15)13-8-6(10(16)12-4)2-5(11)3-7(8)14(17)18/h2-4H,1H3,(H,12,16)(H,13,15)/t4-/m0/s1. The Bertz CT molecular complexity index is 572. The Balaban J connectivity index is 2.68. The van der Waals surface area contributed by atoms with Gasteiger partial charge in [-0.3, -0.25) is 19.7 Å². The van der Waals surface area contributed by atoms with Crippen LogP contribution in [0.1, 0.15) is 17.3 Å². The maximum absolute atomic E-state index is 11.8. The molecule has 1 heterocycles. The summed E-state index contributed by atoms with van der Waals surface area (Å²) >= 11 is 5.72. The van der Waals surface area contributed by atoms with Crippen molar-refractivity contribution in [1.29, 1.82) is 0 Å². The number of carbonyl (C=O) groups excluding carboxylic acids is 2. The highest BCUT2D eigenvalue weighted by molar-refractivity contribution is 6.31.